The maximum atomic E-state index is 9.30. The molecule has 150 valence electrons. The van der Waals surface area contributed by atoms with Crippen LogP contribution >= 0.6 is 35.4 Å². The molecule has 2 aromatic heterocycles. The second-order valence-electron chi connectivity index (χ2n) is 6.73. The highest BCUT2D eigenvalue weighted by molar-refractivity contribution is 7.80. The Bertz CT molecular complexity index is 1010. The summed E-state index contributed by atoms with van der Waals surface area (Å²) >= 11 is 17.8. The van der Waals surface area contributed by atoms with Crippen LogP contribution in [0.3, 0.4) is 0 Å². The van der Waals surface area contributed by atoms with Gasteiger partial charge in [0.1, 0.15) is 17.6 Å². The number of aliphatic hydroxyl groups is 1. The summed E-state index contributed by atoms with van der Waals surface area (Å²) in [4.78, 5) is 6.54. The Hall–Kier alpha value is -2.12. The van der Waals surface area contributed by atoms with Gasteiger partial charge in [0.15, 0.2) is 5.11 Å². The van der Waals surface area contributed by atoms with Crippen LogP contribution in [0.2, 0.25) is 10.0 Å². The van der Waals surface area contributed by atoms with E-state index in [1.807, 2.05) is 41.3 Å². The van der Waals surface area contributed by atoms with Gasteiger partial charge in [-0.15, -0.1) is 0 Å². The van der Waals surface area contributed by atoms with E-state index in [-0.39, 0.29) is 18.7 Å². The number of thiocarbonyl (C=S) groups is 1. The van der Waals surface area contributed by atoms with Crippen molar-refractivity contribution in [1.82, 2.24) is 15.2 Å². The van der Waals surface area contributed by atoms with Crippen LogP contribution in [0, 0.1) is 0 Å². The highest BCUT2D eigenvalue weighted by atomic mass is 35.5. The van der Waals surface area contributed by atoms with E-state index in [0.717, 1.165) is 17.0 Å². The van der Waals surface area contributed by atoms with Crippen molar-refractivity contribution in [2.45, 2.75) is 18.5 Å². The summed E-state index contributed by atoms with van der Waals surface area (Å²) in [7, 11) is 0. The van der Waals surface area contributed by atoms with Crippen molar-refractivity contribution in [2.24, 2.45) is 0 Å². The van der Waals surface area contributed by atoms with Crippen LogP contribution in [0.5, 0.6) is 0 Å². The number of hydrogen-bond donors (Lipinski definition) is 2. The predicted molar refractivity (Wildman–Crippen MR) is 118 cm³/mol. The van der Waals surface area contributed by atoms with Crippen LogP contribution < -0.4 is 5.32 Å². The fourth-order valence-electron chi connectivity index (χ4n) is 3.51. The molecule has 0 radical (unpaired) electrons. The predicted octanol–water partition coefficient (Wildman–Crippen LogP) is 5.00. The molecule has 29 heavy (non-hydrogen) atoms. The molecule has 2 unspecified atom stereocenters. The van der Waals surface area contributed by atoms with Gasteiger partial charge in [-0.3, -0.25) is 4.98 Å². The zero-order valence-corrected chi connectivity index (χ0v) is 17.7. The normalized spacial score (nSPS) is 18.9. The van der Waals surface area contributed by atoms with Crippen molar-refractivity contribution in [3.8, 4) is 11.3 Å². The van der Waals surface area contributed by atoms with E-state index >= 15 is 0 Å². The number of aliphatic hydroxyl groups excluding tert-OH is 1. The van der Waals surface area contributed by atoms with Gasteiger partial charge in [0.25, 0.3) is 0 Å². The van der Waals surface area contributed by atoms with E-state index in [2.05, 4.69) is 10.3 Å². The fraction of sp³-hybridized carbons (Fsp3) is 0.238. The molecule has 0 spiro atoms. The lowest BCUT2D eigenvalue weighted by Crippen LogP contribution is -2.30. The number of benzene rings is 1. The van der Waals surface area contributed by atoms with Gasteiger partial charge in [0.2, 0.25) is 0 Å². The molecule has 2 atom stereocenters. The quantitative estimate of drug-likeness (QED) is 0.518. The van der Waals surface area contributed by atoms with E-state index in [1.165, 1.54) is 0 Å². The minimum atomic E-state index is -0.180. The minimum absolute atomic E-state index is 0.0900. The first-order valence-corrected chi connectivity index (χ1v) is 10.4. The molecule has 4 rings (SSSR count). The third-order valence-electron chi connectivity index (χ3n) is 4.88. The van der Waals surface area contributed by atoms with E-state index in [4.69, 9.17) is 39.8 Å². The molecule has 3 aromatic rings. The van der Waals surface area contributed by atoms with Crippen molar-refractivity contribution >= 4 is 40.5 Å². The summed E-state index contributed by atoms with van der Waals surface area (Å²) in [5.74, 6) is 1.45. The van der Waals surface area contributed by atoms with Gasteiger partial charge in [0, 0.05) is 24.9 Å². The van der Waals surface area contributed by atoms with Crippen LogP contribution in [-0.4, -0.2) is 33.3 Å². The van der Waals surface area contributed by atoms with Gasteiger partial charge in [-0.1, -0.05) is 29.3 Å². The Morgan fingerprint density at radius 2 is 2.00 bits per heavy atom. The molecular weight excluding hydrogens is 429 g/mol. The van der Waals surface area contributed by atoms with Crippen LogP contribution in [0.1, 0.15) is 30.0 Å². The molecule has 1 fully saturated rings. The summed E-state index contributed by atoms with van der Waals surface area (Å²) in [5, 5.41) is 14.3. The minimum Gasteiger partial charge on any atom is -0.459 e. The van der Waals surface area contributed by atoms with Gasteiger partial charge in [-0.25, -0.2) is 0 Å². The topological polar surface area (TPSA) is 61.5 Å². The molecule has 5 nitrogen and oxygen atoms in total. The van der Waals surface area contributed by atoms with Gasteiger partial charge >= 0.3 is 0 Å². The van der Waals surface area contributed by atoms with Crippen molar-refractivity contribution in [3.63, 3.8) is 0 Å². The number of halogens is 2. The summed E-state index contributed by atoms with van der Waals surface area (Å²) in [6.45, 7) is 0.700. The molecular formula is C21H19Cl2N3O2S. The lowest BCUT2D eigenvalue weighted by Gasteiger charge is -2.25. The second-order valence-corrected chi connectivity index (χ2v) is 7.93. The summed E-state index contributed by atoms with van der Waals surface area (Å²) < 4.78 is 6.23. The van der Waals surface area contributed by atoms with Gasteiger partial charge < -0.3 is 19.7 Å². The maximum Gasteiger partial charge on any atom is 0.170 e. The van der Waals surface area contributed by atoms with E-state index < -0.39 is 0 Å². The third kappa shape index (κ3) is 4.12. The Balaban J connectivity index is 1.71. The van der Waals surface area contributed by atoms with E-state index in [9.17, 15) is 5.11 Å². The third-order valence-corrected chi connectivity index (χ3v) is 5.97. The Kier molecular flexibility index (Phi) is 6.06. The highest BCUT2D eigenvalue weighted by Crippen LogP contribution is 2.40. The number of hydrogen-bond acceptors (Lipinski definition) is 4. The molecule has 0 aliphatic carbocycles. The first-order valence-electron chi connectivity index (χ1n) is 9.22. The Morgan fingerprint density at radius 3 is 2.72 bits per heavy atom. The van der Waals surface area contributed by atoms with Crippen molar-refractivity contribution in [2.75, 3.05) is 13.2 Å². The van der Waals surface area contributed by atoms with Crippen molar-refractivity contribution in [1.29, 1.82) is 0 Å². The van der Waals surface area contributed by atoms with Crippen LogP contribution in [0.15, 0.2) is 59.1 Å². The van der Waals surface area contributed by atoms with Crippen LogP contribution in [0.25, 0.3) is 11.3 Å². The molecule has 0 bridgehead atoms. The monoisotopic (exact) mass is 447 g/mol. The number of pyridine rings is 1. The molecule has 3 heterocycles. The zero-order valence-electron chi connectivity index (χ0n) is 15.4. The van der Waals surface area contributed by atoms with E-state index in [0.29, 0.717) is 33.9 Å². The maximum absolute atomic E-state index is 9.30. The molecule has 1 saturated heterocycles. The van der Waals surface area contributed by atoms with Gasteiger partial charge in [0.05, 0.1) is 21.8 Å². The average molecular weight is 448 g/mol. The second kappa shape index (κ2) is 8.71. The number of nitrogens with zero attached hydrogens (tertiary/aromatic N) is 2. The molecule has 2 N–H and O–H groups in total. The SMILES string of the molecule is OCCCN1C(=S)NC(c2ccccn2)C1c1ccc(-c2ccc(Cl)c(Cl)c2)o1. The van der Waals surface area contributed by atoms with Gasteiger partial charge in [-0.2, -0.15) is 0 Å². The fourth-order valence-corrected chi connectivity index (χ4v) is 4.14. The van der Waals surface area contributed by atoms with Crippen LogP contribution in [-0.2, 0) is 0 Å². The average Bonchev–Trinajstić information content (AvgIpc) is 3.34. The smallest absolute Gasteiger partial charge is 0.170 e. The molecule has 1 aliphatic heterocycles. The number of rotatable bonds is 6. The Labute approximate surface area is 184 Å². The van der Waals surface area contributed by atoms with Crippen molar-refractivity contribution < 1.29 is 9.52 Å². The zero-order chi connectivity index (χ0) is 20.4. The number of aromatic nitrogens is 1. The summed E-state index contributed by atoms with van der Waals surface area (Å²) in [5.41, 5.74) is 1.72. The molecule has 0 amide bonds. The van der Waals surface area contributed by atoms with Crippen LogP contribution in [0.4, 0.5) is 0 Å². The number of furan rings is 1. The Morgan fingerprint density at radius 1 is 1.14 bits per heavy atom. The lowest BCUT2D eigenvalue weighted by molar-refractivity contribution is 0.233. The molecule has 1 aliphatic rings. The first kappa shape index (κ1) is 20.2. The number of nitrogens with one attached hydrogen (secondary N) is 1. The molecule has 0 saturated carbocycles. The largest absolute Gasteiger partial charge is 0.459 e. The molecule has 8 heteroatoms. The highest BCUT2D eigenvalue weighted by Gasteiger charge is 2.41. The summed E-state index contributed by atoms with van der Waals surface area (Å²) in [6.07, 6.45) is 2.37. The van der Waals surface area contributed by atoms with Crippen molar-refractivity contribution in [3.05, 3.63) is 76.2 Å². The lowest BCUT2D eigenvalue weighted by atomic mass is 10.0. The standard InChI is InChI=1S/C21H19Cl2N3O2S/c22-14-6-5-13(12-15(14)23)17-7-8-18(28-17)20-19(16-4-1-2-9-24-16)25-21(29)26(20)10-3-11-27/h1-2,4-9,12,19-20,27H,3,10-11H2,(H,25,29). The van der Waals surface area contributed by atoms with E-state index in [1.54, 1.807) is 18.3 Å². The van der Waals surface area contributed by atoms with Gasteiger partial charge in [-0.05, 0) is 61.1 Å². The molecule has 1 aromatic carbocycles. The first-order chi connectivity index (χ1) is 14.1. The summed E-state index contributed by atoms with van der Waals surface area (Å²) in [6, 6.07) is 14.7.